The molecule has 10 nitrogen and oxygen atoms in total. The predicted octanol–water partition coefficient (Wildman–Crippen LogP) is 4.80. The fraction of sp³-hybridized carbons (Fsp3) is 0.300. The summed E-state index contributed by atoms with van der Waals surface area (Å²) in [7, 11) is 0. The van der Waals surface area contributed by atoms with Gasteiger partial charge in [0.2, 0.25) is 0 Å². The molecule has 1 aliphatic carbocycles. The van der Waals surface area contributed by atoms with E-state index in [0.717, 1.165) is 37.5 Å². The minimum absolute atomic E-state index is 0.144. The molecular formula is C20H20F2N6O4. The number of rotatable bonds is 5. The van der Waals surface area contributed by atoms with Gasteiger partial charge in [-0.1, -0.05) is 30.6 Å². The van der Waals surface area contributed by atoms with Gasteiger partial charge in [-0.3, -0.25) is 4.90 Å². The van der Waals surface area contributed by atoms with E-state index in [1.165, 1.54) is 23.2 Å². The Hall–Kier alpha value is -3.96. The fourth-order valence-electron chi connectivity index (χ4n) is 3.53. The van der Waals surface area contributed by atoms with Crippen LogP contribution in [0.5, 0.6) is 0 Å². The molecule has 0 aliphatic heterocycles. The Bertz CT molecular complexity index is 1010. The molecule has 4 amide bonds. The van der Waals surface area contributed by atoms with Gasteiger partial charge < -0.3 is 10.4 Å². The topological polar surface area (TPSA) is 139 Å². The summed E-state index contributed by atoms with van der Waals surface area (Å²) in [5.41, 5.74) is 6.50. The molecule has 0 bridgehead atoms. The average Bonchev–Trinajstić information content (AvgIpc) is 2.78. The standard InChI is InChI=1S/C20H20F2N6O4/c21-14-7-4-8-15(22)17(14)25-19(31)28(26-23)20(32)27(12-5-2-1-3-6-12)13-9-10-16(18(29)30)24-11-13/h4,7-12,23H,1-3,5-6H2,(H,25,31)(H,29,30). The number of aromatic carboxylic acids is 1. The van der Waals surface area contributed by atoms with Crippen LogP contribution in [0.4, 0.5) is 29.7 Å². The highest BCUT2D eigenvalue weighted by atomic mass is 19.1. The van der Waals surface area contributed by atoms with E-state index in [-0.39, 0.29) is 22.4 Å². The molecule has 1 saturated carbocycles. The van der Waals surface area contributed by atoms with E-state index in [1.54, 1.807) is 0 Å². The Morgan fingerprint density at radius 3 is 2.28 bits per heavy atom. The van der Waals surface area contributed by atoms with Crippen LogP contribution in [0, 0.1) is 17.2 Å². The number of carboxylic acid groups (broad SMARTS) is 1. The number of nitrogens with one attached hydrogen (secondary N) is 2. The van der Waals surface area contributed by atoms with Crippen LogP contribution in [-0.4, -0.2) is 39.2 Å². The second-order valence-corrected chi connectivity index (χ2v) is 7.09. The Morgan fingerprint density at radius 1 is 1.09 bits per heavy atom. The van der Waals surface area contributed by atoms with Crippen LogP contribution in [-0.2, 0) is 0 Å². The molecule has 12 heteroatoms. The van der Waals surface area contributed by atoms with Crippen LogP contribution in [0.15, 0.2) is 41.8 Å². The smallest absolute Gasteiger partial charge is 0.355 e. The predicted molar refractivity (Wildman–Crippen MR) is 108 cm³/mol. The quantitative estimate of drug-likeness (QED) is 0.447. The molecule has 3 N–H and O–H groups in total. The Kier molecular flexibility index (Phi) is 7.03. The number of hydrogen-bond acceptors (Lipinski definition) is 6. The lowest BCUT2D eigenvalue weighted by molar-refractivity contribution is 0.0690. The summed E-state index contributed by atoms with van der Waals surface area (Å²) >= 11 is 0. The number of carboxylic acids is 1. The molecule has 0 spiro atoms. The van der Waals surface area contributed by atoms with Gasteiger partial charge >= 0.3 is 18.0 Å². The molecule has 1 aromatic heterocycles. The van der Waals surface area contributed by atoms with Crippen LogP contribution >= 0.6 is 0 Å². The molecule has 3 rings (SSSR count). The summed E-state index contributed by atoms with van der Waals surface area (Å²) in [5.74, 6) is -3.37. The Labute approximate surface area is 181 Å². The molecule has 0 atom stereocenters. The number of carbonyl (C=O) groups excluding carboxylic acids is 2. The SMILES string of the molecule is N=NN(C(=O)Nc1c(F)cccc1F)C(=O)N(c1ccc(C(=O)O)nc1)C1CCCCC1. The Balaban J connectivity index is 1.91. The largest absolute Gasteiger partial charge is 0.477 e. The number of carbonyl (C=O) groups is 3. The summed E-state index contributed by atoms with van der Waals surface area (Å²) < 4.78 is 27.8. The van der Waals surface area contributed by atoms with Gasteiger partial charge in [0.1, 0.15) is 23.0 Å². The average molecular weight is 446 g/mol. The summed E-state index contributed by atoms with van der Waals surface area (Å²) in [6, 6.07) is 2.79. The monoisotopic (exact) mass is 446 g/mol. The molecule has 0 saturated heterocycles. The van der Waals surface area contributed by atoms with Crippen molar-refractivity contribution in [2.75, 3.05) is 10.2 Å². The summed E-state index contributed by atoms with van der Waals surface area (Å²) in [4.78, 5) is 41.9. The normalized spacial score (nSPS) is 13.8. The number of aromatic nitrogens is 1. The number of pyridine rings is 1. The molecule has 0 unspecified atom stereocenters. The highest BCUT2D eigenvalue weighted by molar-refractivity contribution is 6.06. The van der Waals surface area contributed by atoms with Gasteiger partial charge in [0, 0.05) is 6.04 Å². The van der Waals surface area contributed by atoms with Crippen molar-refractivity contribution < 1.29 is 28.3 Å². The lowest BCUT2D eigenvalue weighted by Gasteiger charge is -2.35. The molecular weight excluding hydrogens is 426 g/mol. The number of nitrogens with zero attached hydrogens (tertiary/aromatic N) is 4. The van der Waals surface area contributed by atoms with Gasteiger partial charge in [-0.05, 0) is 37.1 Å². The van der Waals surface area contributed by atoms with Crippen molar-refractivity contribution in [3.63, 3.8) is 0 Å². The molecule has 1 heterocycles. The fourth-order valence-corrected chi connectivity index (χ4v) is 3.53. The third-order valence-corrected chi connectivity index (χ3v) is 5.06. The number of amides is 4. The van der Waals surface area contributed by atoms with E-state index in [0.29, 0.717) is 12.8 Å². The van der Waals surface area contributed by atoms with Gasteiger partial charge in [0.25, 0.3) is 0 Å². The second kappa shape index (κ2) is 9.90. The zero-order chi connectivity index (χ0) is 23.3. The maximum Gasteiger partial charge on any atom is 0.355 e. The van der Waals surface area contributed by atoms with E-state index in [4.69, 9.17) is 10.6 Å². The molecule has 0 radical (unpaired) electrons. The lowest BCUT2D eigenvalue weighted by Crippen LogP contribution is -2.50. The first-order valence-corrected chi connectivity index (χ1v) is 9.78. The zero-order valence-corrected chi connectivity index (χ0v) is 16.8. The van der Waals surface area contributed by atoms with Crippen molar-refractivity contribution in [3.8, 4) is 0 Å². The lowest BCUT2D eigenvalue weighted by atomic mass is 9.94. The summed E-state index contributed by atoms with van der Waals surface area (Å²) in [6.45, 7) is 0. The van der Waals surface area contributed by atoms with Gasteiger partial charge in [-0.25, -0.2) is 28.1 Å². The van der Waals surface area contributed by atoms with E-state index in [9.17, 15) is 23.2 Å². The number of benzene rings is 1. The number of imide groups is 1. The maximum atomic E-state index is 13.9. The van der Waals surface area contributed by atoms with E-state index in [2.05, 4.69) is 10.2 Å². The van der Waals surface area contributed by atoms with Crippen LogP contribution in [0.2, 0.25) is 0 Å². The first kappa shape index (κ1) is 22.7. The summed E-state index contributed by atoms with van der Waals surface area (Å²) in [6.07, 6.45) is 4.98. The van der Waals surface area contributed by atoms with Crippen molar-refractivity contribution in [1.29, 1.82) is 5.53 Å². The third kappa shape index (κ3) is 4.85. The Morgan fingerprint density at radius 2 is 1.75 bits per heavy atom. The van der Waals surface area contributed by atoms with E-state index >= 15 is 0 Å². The van der Waals surface area contributed by atoms with Crippen LogP contribution in [0.3, 0.4) is 0 Å². The van der Waals surface area contributed by atoms with Crippen molar-refractivity contribution >= 4 is 29.4 Å². The first-order chi connectivity index (χ1) is 15.3. The highest BCUT2D eigenvalue weighted by Crippen LogP contribution is 2.29. The first-order valence-electron chi connectivity index (χ1n) is 9.78. The van der Waals surface area contributed by atoms with E-state index in [1.807, 2.05) is 5.32 Å². The van der Waals surface area contributed by atoms with Crippen molar-refractivity contribution in [2.24, 2.45) is 5.22 Å². The highest BCUT2D eigenvalue weighted by Gasteiger charge is 2.34. The number of hydrogen-bond donors (Lipinski definition) is 3. The van der Waals surface area contributed by atoms with Crippen LogP contribution in [0.1, 0.15) is 42.6 Å². The van der Waals surface area contributed by atoms with Crippen LogP contribution in [0.25, 0.3) is 0 Å². The minimum Gasteiger partial charge on any atom is -0.477 e. The van der Waals surface area contributed by atoms with Crippen molar-refractivity contribution in [2.45, 2.75) is 38.1 Å². The molecule has 168 valence electrons. The third-order valence-electron chi connectivity index (χ3n) is 5.06. The van der Waals surface area contributed by atoms with Gasteiger partial charge in [0.05, 0.1) is 11.9 Å². The zero-order valence-electron chi connectivity index (χ0n) is 16.8. The van der Waals surface area contributed by atoms with Gasteiger partial charge in [-0.2, -0.15) is 5.53 Å². The number of anilines is 2. The van der Waals surface area contributed by atoms with Gasteiger partial charge in [-0.15, -0.1) is 5.01 Å². The van der Waals surface area contributed by atoms with Crippen molar-refractivity contribution in [3.05, 3.63) is 53.9 Å². The minimum atomic E-state index is -1.33. The summed E-state index contributed by atoms with van der Waals surface area (Å²) in [5, 5.41) is 14.1. The number of para-hydroxylation sites is 1. The molecule has 1 fully saturated rings. The number of urea groups is 2. The molecule has 1 aliphatic rings. The molecule has 32 heavy (non-hydrogen) atoms. The van der Waals surface area contributed by atoms with Crippen LogP contribution < -0.4 is 10.2 Å². The maximum absolute atomic E-state index is 13.9. The second-order valence-electron chi connectivity index (χ2n) is 7.09. The van der Waals surface area contributed by atoms with Crippen molar-refractivity contribution in [1.82, 2.24) is 9.99 Å². The molecule has 1 aromatic carbocycles. The van der Waals surface area contributed by atoms with Gasteiger partial charge in [0.15, 0.2) is 0 Å². The number of halogens is 2. The molecule has 2 aromatic rings. The van der Waals surface area contributed by atoms with E-state index < -0.39 is 35.4 Å².